The molecule has 0 atom stereocenters. The molecular formula is C19H22Cl2N6. The Morgan fingerprint density at radius 1 is 1.07 bits per heavy atom. The zero-order chi connectivity index (χ0) is 19.4. The first kappa shape index (κ1) is 19.5. The lowest BCUT2D eigenvalue weighted by Gasteiger charge is -2.28. The minimum atomic E-state index is -0.283. The Labute approximate surface area is 168 Å². The van der Waals surface area contributed by atoms with E-state index in [2.05, 4.69) is 39.7 Å². The molecule has 3 aromatic rings. The van der Waals surface area contributed by atoms with Gasteiger partial charge in [0.25, 0.3) is 0 Å². The van der Waals surface area contributed by atoms with Crippen molar-refractivity contribution in [1.82, 2.24) is 25.2 Å². The summed E-state index contributed by atoms with van der Waals surface area (Å²) < 4.78 is 1.94. The summed E-state index contributed by atoms with van der Waals surface area (Å²) in [5.74, 6) is 1.47. The average Bonchev–Trinajstić information content (AvgIpc) is 3.05. The van der Waals surface area contributed by atoms with Crippen LogP contribution in [0.2, 0.25) is 10.0 Å². The van der Waals surface area contributed by atoms with Gasteiger partial charge in [-0.1, -0.05) is 49.2 Å². The van der Waals surface area contributed by atoms with Gasteiger partial charge < -0.3 is 10.6 Å². The molecule has 1 aromatic carbocycles. The zero-order valence-corrected chi connectivity index (χ0v) is 17.0. The number of hydrogen-bond acceptors (Lipinski definition) is 3. The highest BCUT2D eigenvalue weighted by Gasteiger charge is 2.26. The summed E-state index contributed by atoms with van der Waals surface area (Å²) in [6.07, 6.45) is 1.94. The van der Waals surface area contributed by atoms with Gasteiger partial charge in [0, 0.05) is 35.2 Å². The first-order chi connectivity index (χ1) is 12.9. The average molecular weight is 405 g/mol. The second kappa shape index (κ2) is 8.15. The smallest absolute Gasteiger partial charge is 0.191 e. The molecule has 0 unspecified atom stereocenters. The Hall–Kier alpha value is -2.31. The lowest BCUT2D eigenvalue weighted by atomic mass is 9.84. The van der Waals surface area contributed by atoms with Gasteiger partial charge in [-0.25, -0.2) is 0 Å². The van der Waals surface area contributed by atoms with Crippen molar-refractivity contribution in [3.05, 3.63) is 64.0 Å². The third-order valence-corrected chi connectivity index (χ3v) is 4.99. The number of aromatic nitrogens is 3. The monoisotopic (exact) mass is 404 g/mol. The Kier molecular flexibility index (Phi) is 5.87. The van der Waals surface area contributed by atoms with E-state index >= 15 is 0 Å². The van der Waals surface area contributed by atoms with Crippen LogP contribution in [0.25, 0.3) is 5.65 Å². The topological polar surface area (TPSA) is 66.6 Å². The van der Waals surface area contributed by atoms with Gasteiger partial charge >= 0.3 is 0 Å². The normalized spacial score (nSPS) is 12.4. The van der Waals surface area contributed by atoms with Gasteiger partial charge in [0.05, 0.1) is 6.54 Å². The summed E-state index contributed by atoms with van der Waals surface area (Å²) in [6, 6.07) is 11.4. The molecule has 8 heteroatoms. The number of halogens is 2. The third kappa shape index (κ3) is 4.34. The molecule has 0 aliphatic rings. The van der Waals surface area contributed by atoms with Crippen LogP contribution in [0.15, 0.2) is 47.6 Å². The van der Waals surface area contributed by atoms with Gasteiger partial charge in [0.1, 0.15) is 0 Å². The van der Waals surface area contributed by atoms with E-state index in [1.165, 1.54) is 0 Å². The first-order valence-electron chi connectivity index (χ1n) is 8.60. The fourth-order valence-corrected chi connectivity index (χ4v) is 3.84. The molecule has 0 radical (unpaired) electrons. The number of guanidine groups is 1. The van der Waals surface area contributed by atoms with Crippen molar-refractivity contribution in [2.24, 2.45) is 4.99 Å². The van der Waals surface area contributed by atoms with Gasteiger partial charge in [0.15, 0.2) is 17.4 Å². The van der Waals surface area contributed by atoms with Crippen LogP contribution in [-0.4, -0.2) is 34.2 Å². The molecule has 0 bridgehead atoms. The predicted molar refractivity (Wildman–Crippen MR) is 111 cm³/mol. The van der Waals surface area contributed by atoms with E-state index in [1.807, 2.05) is 47.0 Å². The largest absolute Gasteiger partial charge is 0.356 e. The van der Waals surface area contributed by atoms with E-state index in [-0.39, 0.29) is 5.41 Å². The molecule has 2 heterocycles. The Bertz CT molecular complexity index is 943. The van der Waals surface area contributed by atoms with Crippen LogP contribution in [0.1, 0.15) is 25.2 Å². The molecule has 0 saturated heterocycles. The van der Waals surface area contributed by atoms with Crippen molar-refractivity contribution in [1.29, 1.82) is 0 Å². The molecule has 0 spiro atoms. The maximum absolute atomic E-state index is 6.37. The summed E-state index contributed by atoms with van der Waals surface area (Å²) in [5.41, 5.74) is 1.45. The lowest BCUT2D eigenvalue weighted by molar-refractivity contribution is 0.508. The molecule has 0 aliphatic carbocycles. The molecule has 2 N–H and O–H groups in total. The number of benzene rings is 1. The quantitative estimate of drug-likeness (QED) is 0.502. The van der Waals surface area contributed by atoms with Crippen molar-refractivity contribution in [3.63, 3.8) is 0 Å². The summed E-state index contributed by atoms with van der Waals surface area (Å²) in [7, 11) is 1.73. The van der Waals surface area contributed by atoms with Gasteiger partial charge in [-0.15, -0.1) is 10.2 Å². The van der Waals surface area contributed by atoms with E-state index in [0.717, 1.165) is 17.0 Å². The molecule has 0 amide bonds. The van der Waals surface area contributed by atoms with E-state index in [1.54, 1.807) is 7.05 Å². The third-order valence-electron chi connectivity index (χ3n) is 4.36. The van der Waals surface area contributed by atoms with Gasteiger partial charge in [0.2, 0.25) is 0 Å². The fourth-order valence-electron chi connectivity index (χ4n) is 2.93. The van der Waals surface area contributed by atoms with Crippen molar-refractivity contribution in [2.75, 3.05) is 13.6 Å². The zero-order valence-electron chi connectivity index (χ0n) is 15.5. The molecule has 27 heavy (non-hydrogen) atoms. The van der Waals surface area contributed by atoms with Crippen LogP contribution < -0.4 is 10.6 Å². The van der Waals surface area contributed by atoms with Crippen LogP contribution in [0, 0.1) is 0 Å². The number of pyridine rings is 1. The first-order valence-corrected chi connectivity index (χ1v) is 9.35. The van der Waals surface area contributed by atoms with Gasteiger partial charge in [-0.3, -0.25) is 9.39 Å². The van der Waals surface area contributed by atoms with Crippen molar-refractivity contribution in [2.45, 2.75) is 25.8 Å². The highest BCUT2D eigenvalue weighted by atomic mass is 35.5. The maximum Gasteiger partial charge on any atom is 0.191 e. The molecule has 0 saturated carbocycles. The molecular weight excluding hydrogens is 383 g/mol. The number of fused-ring (bicyclic) bond motifs is 1. The van der Waals surface area contributed by atoms with Crippen LogP contribution in [0.5, 0.6) is 0 Å². The lowest BCUT2D eigenvalue weighted by Crippen LogP contribution is -2.43. The van der Waals surface area contributed by atoms with Crippen molar-refractivity contribution in [3.8, 4) is 0 Å². The minimum Gasteiger partial charge on any atom is -0.356 e. The SMILES string of the molecule is CN=C(NCc1nnc2ccccn12)NCC(C)(C)c1c(Cl)cccc1Cl. The minimum absolute atomic E-state index is 0.283. The van der Waals surface area contributed by atoms with E-state index in [4.69, 9.17) is 23.2 Å². The number of aliphatic imine (C=N–C) groups is 1. The van der Waals surface area contributed by atoms with Gasteiger partial charge in [-0.05, 0) is 29.8 Å². The Morgan fingerprint density at radius 2 is 1.81 bits per heavy atom. The number of rotatable bonds is 5. The second-order valence-corrected chi connectivity index (χ2v) is 7.62. The van der Waals surface area contributed by atoms with Crippen LogP contribution >= 0.6 is 23.2 Å². The summed E-state index contributed by atoms with van der Waals surface area (Å²) in [4.78, 5) is 4.28. The van der Waals surface area contributed by atoms with E-state index in [9.17, 15) is 0 Å². The molecule has 142 valence electrons. The van der Waals surface area contributed by atoms with Crippen LogP contribution in [-0.2, 0) is 12.0 Å². The summed E-state index contributed by atoms with van der Waals surface area (Å²) >= 11 is 12.7. The number of nitrogens with zero attached hydrogens (tertiary/aromatic N) is 4. The molecule has 6 nitrogen and oxygen atoms in total. The Morgan fingerprint density at radius 3 is 2.52 bits per heavy atom. The molecule has 0 aliphatic heterocycles. The standard InChI is InChI=1S/C19H22Cl2N6/c1-19(2,17-13(20)7-6-8-14(17)21)12-24-18(22-3)23-11-16-26-25-15-9-4-5-10-27(15)16/h4-10H,11-12H2,1-3H3,(H2,22,23,24). The number of hydrogen-bond donors (Lipinski definition) is 2. The van der Waals surface area contributed by atoms with Crippen LogP contribution in [0.3, 0.4) is 0 Å². The van der Waals surface area contributed by atoms with Crippen LogP contribution in [0.4, 0.5) is 0 Å². The molecule has 3 rings (SSSR count). The highest BCUT2D eigenvalue weighted by molar-refractivity contribution is 6.36. The number of nitrogens with one attached hydrogen (secondary N) is 2. The second-order valence-electron chi connectivity index (χ2n) is 6.80. The van der Waals surface area contributed by atoms with E-state index < -0.39 is 0 Å². The predicted octanol–water partition coefficient (Wildman–Crippen LogP) is 3.68. The van der Waals surface area contributed by atoms with Crippen molar-refractivity contribution >= 4 is 34.8 Å². The highest BCUT2D eigenvalue weighted by Crippen LogP contribution is 2.35. The Balaban J connectivity index is 1.65. The maximum atomic E-state index is 6.37. The molecule has 2 aromatic heterocycles. The summed E-state index contributed by atoms with van der Waals surface area (Å²) in [5, 5.41) is 16.3. The van der Waals surface area contributed by atoms with Crippen molar-refractivity contribution < 1.29 is 0 Å². The molecule has 0 fully saturated rings. The summed E-state index contributed by atoms with van der Waals surface area (Å²) in [6.45, 7) is 5.29. The van der Waals surface area contributed by atoms with E-state index in [0.29, 0.717) is 29.1 Å². The van der Waals surface area contributed by atoms with Gasteiger partial charge in [-0.2, -0.15) is 0 Å². The fraction of sp³-hybridized carbons (Fsp3) is 0.316.